The van der Waals surface area contributed by atoms with E-state index in [0.717, 1.165) is 10.0 Å². The summed E-state index contributed by atoms with van der Waals surface area (Å²) in [6, 6.07) is 5.32. The molecule has 0 radical (unpaired) electrons. The number of benzene rings is 1. The number of likely N-dealkylation sites (tertiary alicyclic amines) is 1. The van der Waals surface area contributed by atoms with E-state index in [9.17, 15) is 14.7 Å². The predicted molar refractivity (Wildman–Crippen MR) is 84.9 cm³/mol. The molecule has 1 heterocycles. The standard InChI is InChI=1S/C15H19BrN2O4/c1-15(13(19)20)5-6-18(9-15)14(21)17-8-10-3-4-11(16)7-12(10)22-2/h3-4,7H,5-6,8-9H2,1-2H3,(H,17,21)(H,19,20). The number of carboxylic acids is 1. The van der Waals surface area contributed by atoms with Gasteiger partial charge in [0.1, 0.15) is 5.75 Å². The number of rotatable bonds is 4. The lowest BCUT2D eigenvalue weighted by Crippen LogP contribution is -2.40. The second kappa shape index (κ2) is 6.56. The Balaban J connectivity index is 1.95. The van der Waals surface area contributed by atoms with Gasteiger partial charge in [-0.1, -0.05) is 22.0 Å². The van der Waals surface area contributed by atoms with E-state index in [4.69, 9.17) is 4.74 Å². The molecule has 2 amide bonds. The number of carboxylic acid groups (broad SMARTS) is 1. The highest BCUT2D eigenvalue weighted by atomic mass is 79.9. The second-order valence-electron chi connectivity index (χ2n) is 5.65. The van der Waals surface area contributed by atoms with Crippen molar-refractivity contribution in [2.24, 2.45) is 5.41 Å². The van der Waals surface area contributed by atoms with E-state index in [1.807, 2.05) is 18.2 Å². The average Bonchev–Trinajstić information content (AvgIpc) is 2.89. The number of amides is 2. The Morgan fingerprint density at radius 3 is 2.82 bits per heavy atom. The van der Waals surface area contributed by atoms with Crippen LogP contribution in [0.5, 0.6) is 5.75 Å². The molecule has 0 aliphatic carbocycles. The van der Waals surface area contributed by atoms with E-state index < -0.39 is 11.4 Å². The molecule has 1 aromatic carbocycles. The van der Waals surface area contributed by atoms with E-state index in [2.05, 4.69) is 21.2 Å². The molecule has 0 aromatic heterocycles. The SMILES string of the molecule is COc1cc(Br)ccc1CNC(=O)N1CCC(C)(C(=O)O)C1. The zero-order valence-corrected chi connectivity index (χ0v) is 14.1. The minimum Gasteiger partial charge on any atom is -0.496 e. The molecule has 22 heavy (non-hydrogen) atoms. The first-order chi connectivity index (χ1) is 10.4. The van der Waals surface area contributed by atoms with E-state index in [1.54, 1.807) is 18.9 Å². The van der Waals surface area contributed by atoms with Crippen molar-refractivity contribution in [1.29, 1.82) is 0 Å². The number of nitrogens with one attached hydrogen (secondary N) is 1. The quantitative estimate of drug-likeness (QED) is 0.852. The van der Waals surface area contributed by atoms with Crippen LogP contribution in [0.4, 0.5) is 4.79 Å². The monoisotopic (exact) mass is 370 g/mol. The fourth-order valence-corrected chi connectivity index (χ4v) is 2.80. The fourth-order valence-electron chi connectivity index (χ4n) is 2.46. The van der Waals surface area contributed by atoms with E-state index in [-0.39, 0.29) is 12.6 Å². The van der Waals surface area contributed by atoms with Crippen molar-refractivity contribution in [3.8, 4) is 5.75 Å². The maximum Gasteiger partial charge on any atom is 0.317 e. The van der Waals surface area contributed by atoms with Crippen LogP contribution in [0.3, 0.4) is 0 Å². The third-order valence-corrected chi connectivity index (χ3v) is 4.45. The molecule has 0 spiro atoms. The number of hydrogen-bond donors (Lipinski definition) is 2. The van der Waals surface area contributed by atoms with Gasteiger partial charge >= 0.3 is 12.0 Å². The van der Waals surface area contributed by atoms with Crippen LogP contribution in [-0.2, 0) is 11.3 Å². The molecule has 1 atom stereocenters. The largest absolute Gasteiger partial charge is 0.496 e. The van der Waals surface area contributed by atoms with E-state index in [1.165, 1.54) is 0 Å². The number of urea groups is 1. The summed E-state index contributed by atoms with van der Waals surface area (Å²) in [5, 5.41) is 12.0. The van der Waals surface area contributed by atoms with Crippen LogP contribution < -0.4 is 10.1 Å². The highest BCUT2D eigenvalue weighted by molar-refractivity contribution is 9.10. The third-order valence-electron chi connectivity index (χ3n) is 3.96. The molecule has 1 aliphatic heterocycles. The Hall–Kier alpha value is -1.76. The van der Waals surface area contributed by atoms with Crippen molar-refractivity contribution in [1.82, 2.24) is 10.2 Å². The number of carbonyl (C=O) groups excluding carboxylic acids is 1. The summed E-state index contributed by atoms with van der Waals surface area (Å²) in [5.41, 5.74) is 0.00589. The molecule has 1 aliphatic rings. The molecule has 120 valence electrons. The van der Waals surface area contributed by atoms with Crippen LogP contribution in [0, 0.1) is 5.41 Å². The van der Waals surface area contributed by atoms with Gasteiger partial charge in [-0.05, 0) is 25.5 Å². The Morgan fingerprint density at radius 2 is 2.23 bits per heavy atom. The van der Waals surface area contributed by atoms with Crippen LogP contribution in [0.25, 0.3) is 0 Å². The average molecular weight is 371 g/mol. The lowest BCUT2D eigenvalue weighted by molar-refractivity contribution is -0.146. The Bertz CT molecular complexity index is 593. The predicted octanol–water partition coefficient (Wildman–Crippen LogP) is 2.46. The molecule has 2 rings (SSSR count). The van der Waals surface area contributed by atoms with Crippen molar-refractivity contribution in [2.45, 2.75) is 19.9 Å². The number of halogens is 1. The second-order valence-corrected chi connectivity index (χ2v) is 6.57. The highest BCUT2D eigenvalue weighted by Crippen LogP contribution is 2.30. The molecule has 1 unspecified atom stereocenters. The van der Waals surface area contributed by atoms with Crippen molar-refractivity contribution in [3.05, 3.63) is 28.2 Å². The van der Waals surface area contributed by atoms with E-state index in [0.29, 0.717) is 25.3 Å². The Labute approximate surface area is 137 Å². The normalized spacial score (nSPS) is 20.8. The Morgan fingerprint density at radius 1 is 1.50 bits per heavy atom. The minimum absolute atomic E-state index is 0.228. The molecule has 6 nitrogen and oxygen atoms in total. The molecule has 7 heteroatoms. The molecule has 2 N–H and O–H groups in total. The molecule has 1 saturated heterocycles. The maximum atomic E-state index is 12.2. The van der Waals surface area contributed by atoms with Crippen LogP contribution in [0.1, 0.15) is 18.9 Å². The van der Waals surface area contributed by atoms with Crippen LogP contribution >= 0.6 is 15.9 Å². The zero-order chi connectivity index (χ0) is 16.3. The number of methoxy groups -OCH3 is 1. The first-order valence-electron chi connectivity index (χ1n) is 6.94. The van der Waals surface area contributed by atoms with Gasteiger partial charge in [0.25, 0.3) is 0 Å². The van der Waals surface area contributed by atoms with Crippen molar-refractivity contribution in [3.63, 3.8) is 0 Å². The molecular formula is C15H19BrN2O4. The summed E-state index contributed by atoms with van der Waals surface area (Å²) >= 11 is 3.37. The highest BCUT2D eigenvalue weighted by Gasteiger charge is 2.42. The fraction of sp³-hybridized carbons (Fsp3) is 0.467. The first kappa shape index (κ1) is 16.6. The van der Waals surface area contributed by atoms with Crippen molar-refractivity contribution in [2.75, 3.05) is 20.2 Å². The minimum atomic E-state index is -0.864. The van der Waals surface area contributed by atoms with Crippen LogP contribution in [0.2, 0.25) is 0 Å². The van der Waals surface area contributed by atoms with Gasteiger partial charge < -0.3 is 20.1 Å². The van der Waals surface area contributed by atoms with Gasteiger partial charge in [-0.25, -0.2) is 4.79 Å². The number of nitrogens with zero attached hydrogens (tertiary/aromatic N) is 1. The Kier molecular flexibility index (Phi) is 4.95. The van der Waals surface area contributed by atoms with Gasteiger partial charge in [0, 0.05) is 29.7 Å². The summed E-state index contributed by atoms with van der Waals surface area (Å²) in [5.74, 6) is -0.177. The van der Waals surface area contributed by atoms with Gasteiger partial charge in [-0.15, -0.1) is 0 Å². The maximum absolute atomic E-state index is 12.2. The third kappa shape index (κ3) is 3.52. The number of hydrogen-bond acceptors (Lipinski definition) is 3. The molecular weight excluding hydrogens is 352 g/mol. The van der Waals surface area contributed by atoms with E-state index >= 15 is 0 Å². The summed E-state index contributed by atoms with van der Waals surface area (Å²) in [6.07, 6.45) is 0.470. The summed E-state index contributed by atoms with van der Waals surface area (Å²) < 4.78 is 6.18. The summed E-state index contributed by atoms with van der Waals surface area (Å²) in [6.45, 7) is 2.67. The smallest absolute Gasteiger partial charge is 0.317 e. The molecule has 1 aromatic rings. The van der Waals surface area contributed by atoms with Crippen molar-refractivity contribution < 1.29 is 19.4 Å². The number of carbonyl (C=O) groups is 2. The summed E-state index contributed by atoms with van der Waals surface area (Å²) in [7, 11) is 1.58. The summed E-state index contributed by atoms with van der Waals surface area (Å²) in [4.78, 5) is 24.9. The first-order valence-corrected chi connectivity index (χ1v) is 7.73. The number of aliphatic carboxylic acids is 1. The molecule has 1 fully saturated rings. The van der Waals surface area contributed by atoms with Gasteiger partial charge in [0.05, 0.1) is 12.5 Å². The molecule has 0 bridgehead atoms. The van der Waals surface area contributed by atoms with Gasteiger partial charge in [0.15, 0.2) is 0 Å². The lowest BCUT2D eigenvalue weighted by Gasteiger charge is -2.20. The van der Waals surface area contributed by atoms with Crippen LogP contribution in [0.15, 0.2) is 22.7 Å². The van der Waals surface area contributed by atoms with Gasteiger partial charge in [0.2, 0.25) is 0 Å². The topological polar surface area (TPSA) is 78.9 Å². The number of ether oxygens (including phenoxy) is 1. The van der Waals surface area contributed by atoms with Gasteiger partial charge in [-0.2, -0.15) is 0 Å². The van der Waals surface area contributed by atoms with Gasteiger partial charge in [-0.3, -0.25) is 4.79 Å². The lowest BCUT2D eigenvalue weighted by atomic mass is 9.90. The van der Waals surface area contributed by atoms with Crippen LogP contribution in [-0.4, -0.2) is 42.2 Å². The zero-order valence-electron chi connectivity index (χ0n) is 12.6. The molecule has 0 saturated carbocycles. The van der Waals surface area contributed by atoms with Crippen molar-refractivity contribution >= 4 is 27.9 Å².